The van der Waals surface area contributed by atoms with Crippen LogP contribution in [0.2, 0.25) is 0 Å². The van der Waals surface area contributed by atoms with Crippen LogP contribution in [0.15, 0.2) is 24.9 Å². The zero-order chi connectivity index (χ0) is 25.8. The number of nitrogens with zero attached hydrogens (tertiary/aromatic N) is 5. The van der Waals surface area contributed by atoms with Crippen LogP contribution in [0.25, 0.3) is 17.2 Å². The van der Waals surface area contributed by atoms with Gasteiger partial charge in [0.25, 0.3) is 0 Å². The van der Waals surface area contributed by atoms with E-state index in [1.54, 1.807) is 19.4 Å². The molecule has 0 spiro atoms. The van der Waals surface area contributed by atoms with Gasteiger partial charge in [0.05, 0.1) is 23.0 Å². The van der Waals surface area contributed by atoms with Crippen molar-refractivity contribution in [1.29, 1.82) is 5.26 Å². The number of carbonyl (C=O) groups excluding carboxylic acids is 1. The molecule has 1 aliphatic carbocycles. The molecule has 190 valence electrons. The third-order valence-corrected chi connectivity index (χ3v) is 7.36. The molecular formula is C29H37N5O2. The van der Waals surface area contributed by atoms with E-state index in [-0.39, 0.29) is 11.9 Å². The summed E-state index contributed by atoms with van der Waals surface area (Å²) in [7, 11) is 1.66. The van der Waals surface area contributed by atoms with Gasteiger partial charge in [0.1, 0.15) is 11.9 Å². The van der Waals surface area contributed by atoms with Crippen molar-refractivity contribution in [2.24, 2.45) is 5.92 Å². The number of carbonyl (C=O) groups is 1. The maximum Gasteiger partial charge on any atom is 0.223 e. The SMILES string of the molecule is C=Cc1cc(-c2c(C3CC3)nc(N3CCN(C(=O)CCCOC)C(C(C)C)C3)c(C#N)c2C)ccn1. The predicted molar refractivity (Wildman–Crippen MR) is 143 cm³/mol. The number of amides is 1. The van der Waals surface area contributed by atoms with E-state index in [0.717, 1.165) is 53.2 Å². The smallest absolute Gasteiger partial charge is 0.223 e. The highest BCUT2D eigenvalue weighted by molar-refractivity contribution is 5.79. The fourth-order valence-electron chi connectivity index (χ4n) is 5.20. The zero-order valence-electron chi connectivity index (χ0n) is 22.0. The molecule has 0 radical (unpaired) electrons. The van der Waals surface area contributed by atoms with Gasteiger partial charge in [0.2, 0.25) is 5.91 Å². The van der Waals surface area contributed by atoms with E-state index < -0.39 is 0 Å². The lowest BCUT2D eigenvalue weighted by Crippen LogP contribution is -2.57. The molecule has 7 heteroatoms. The van der Waals surface area contributed by atoms with Crippen LogP contribution in [0.4, 0.5) is 5.82 Å². The summed E-state index contributed by atoms with van der Waals surface area (Å²) in [4.78, 5) is 26.8. The van der Waals surface area contributed by atoms with E-state index in [4.69, 9.17) is 9.72 Å². The van der Waals surface area contributed by atoms with Crippen LogP contribution in [-0.2, 0) is 9.53 Å². The van der Waals surface area contributed by atoms with Crippen LogP contribution < -0.4 is 4.90 Å². The Kier molecular flexibility index (Phi) is 8.05. The number of methoxy groups -OCH3 is 1. The largest absolute Gasteiger partial charge is 0.385 e. The number of nitriles is 1. The highest BCUT2D eigenvalue weighted by Gasteiger charge is 2.36. The normalized spacial score (nSPS) is 17.8. The lowest BCUT2D eigenvalue weighted by molar-refractivity contribution is -0.135. The Bertz CT molecular complexity index is 1160. The van der Waals surface area contributed by atoms with Crippen molar-refractivity contribution in [3.63, 3.8) is 0 Å². The van der Waals surface area contributed by atoms with Gasteiger partial charge in [-0.15, -0.1) is 0 Å². The minimum atomic E-state index is 0.0712. The number of ether oxygens (including phenoxy) is 1. The van der Waals surface area contributed by atoms with Crippen molar-refractivity contribution >= 4 is 17.8 Å². The fraction of sp³-hybridized carbons (Fsp3) is 0.517. The molecule has 0 aromatic carbocycles. The lowest BCUT2D eigenvalue weighted by Gasteiger charge is -2.44. The van der Waals surface area contributed by atoms with Gasteiger partial charge in [-0.2, -0.15) is 5.26 Å². The summed E-state index contributed by atoms with van der Waals surface area (Å²) in [5.41, 5.74) is 5.54. The van der Waals surface area contributed by atoms with Crippen LogP contribution in [0, 0.1) is 24.2 Å². The first kappa shape index (κ1) is 25.8. The van der Waals surface area contributed by atoms with Crippen molar-refractivity contribution in [1.82, 2.24) is 14.9 Å². The average molecular weight is 488 g/mol. The van der Waals surface area contributed by atoms with Gasteiger partial charge in [0, 0.05) is 57.4 Å². The summed E-state index contributed by atoms with van der Waals surface area (Å²) < 4.78 is 5.13. The minimum Gasteiger partial charge on any atom is -0.385 e. The number of hydrogen-bond donors (Lipinski definition) is 0. The van der Waals surface area contributed by atoms with Crippen molar-refractivity contribution < 1.29 is 9.53 Å². The summed E-state index contributed by atoms with van der Waals surface area (Å²) in [5.74, 6) is 1.65. The molecule has 1 aliphatic heterocycles. The number of hydrogen-bond acceptors (Lipinski definition) is 6. The van der Waals surface area contributed by atoms with Crippen molar-refractivity contribution in [2.75, 3.05) is 38.3 Å². The molecule has 1 atom stereocenters. The molecule has 0 N–H and O–H groups in total. The number of rotatable bonds is 9. The Morgan fingerprint density at radius 3 is 2.78 bits per heavy atom. The highest BCUT2D eigenvalue weighted by Crippen LogP contribution is 2.46. The quantitative estimate of drug-likeness (QED) is 0.466. The monoisotopic (exact) mass is 487 g/mol. The first-order chi connectivity index (χ1) is 17.4. The summed E-state index contributed by atoms with van der Waals surface area (Å²) >= 11 is 0. The van der Waals surface area contributed by atoms with E-state index in [1.165, 1.54) is 0 Å². The molecule has 2 fully saturated rings. The molecular weight excluding hydrogens is 450 g/mol. The maximum atomic E-state index is 13.0. The van der Waals surface area contributed by atoms with Gasteiger partial charge in [-0.25, -0.2) is 4.98 Å². The Morgan fingerprint density at radius 2 is 2.14 bits per heavy atom. The van der Waals surface area contributed by atoms with Gasteiger partial charge in [-0.1, -0.05) is 20.4 Å². The summed E-state index contributed by atoms with van der Waals surface area (Å²) in [6, 6.07) is 6.55. The molecule has 3 heterocycles. The van der Waals surface area contributed by atoms with Crippen LogP contribution in [0.5, 0.6) is 0 Å². The van der Waals surface area contributed by atoms with E-state index in [9.17, 15) is 10.1 Å². The minimum absolute atomic E-state index is 0.0712. The summed E-state index contributed by atoms with van der Waals surface area (Å²) in [6.07, 6.45) is 6.99. The molecule has 1 unspecified atom stereocenters. The topological polar surface area (TPSA) is 82.4 Å². The lowest BCUT2D eigenvalue weighted by atomic mass is 9.93. The molecule has 1 amide bonds. The second kappa shape index (κ2) is 11.2. The van der Waals surface area contributed by atoms with Gasteiger partial charge in [-0.3, -0.25) is 9.78 Å². The number of aromatic nitrogens is 2. The predicted octanol–water partition coefficient (Wildman–Crippen LogP) is 4.94. The van der Waals surface area contributed by atoms with Crippen LogP contribution >= 0.6 is 0 Å². The first-order valence-electron chi connectivity index (χ1n) is 13.0. The maximum absolute atomic E-state index is 13.0. The van der Waals surface area contributed by atoms with E-state index >= 15 is 0 Å². The number of anilines is 1. The van der Waals surface area contributed by atoms with Crippen molar-refractivity contribution in [3.05, 3.63) is 47.4 Å². The summed E-state index contributed by atoms with van der Waals surface area (Å²) in [6.45, 7) is 12.8. The third kappa shape index (κ3) is 5.29. The summed E-state index contributed by atoms with van der Waals surface area (Å²) in [5, 5.41) is 10.3. The third-order valence-electron chi connectivity index (χ3n) is 7.36. The van der Waals surface area contributed by atoms with Crippen molar-refractivity contribution in [2.45, 2.75) is 58.4 Å². The molecule has 1 saturated carbocycles. The zero-order valence-corrected chi connectivity index (χ0v) is 22.0. The standard InChI is InChI=1S/C29H37N5O2/c1-6-23-16-22(11-12-31-23)27-20(4)24(17-30)29(32-28(27)21-9-10-21)33-13-14-34(25(18-33)19(2)3)26(35)8-7-15-36-5/h6,11-12,16,19,21,25H,1,7-10,13-15,18H2,2-5H3. The van der Waals surface area contributed by atoms with E-state index in [2.05, 4.69) is 36.4 Å². The van der Waals surface area contributed by atoms with Crippen molar-refractivity contribution in [3.8, 4) is 17.2 Å². The molecule has 36 heavy (non-hydrogen) atoms. The molecule has 2 aromatic rings. The fourth-order valence-corrected chi connectivity index (χ4v) is 5.20. The highest BCUT2D eigenvalue weighted by atomic mass is 16.5. The van der Waals surface area contributed by atoms with Crippen LogP contribution in [-0.4, -0.2) is 60.2 Å². The molecule has 4 rings (SSSR count). The first-order valence-corrected chi connectivity index (χ1v) is 13.0. The number of pyridine rings is 2. The molecule has 7 nitrogen and oxygen atoms in total. The average Bonchev–Trinajstić information content (AvgIpc) is 3.73. The van der Waals surface area contributed by atoms with E-state index in [1.807, 2.05) is 24.0 Å². The van der Waals surface area contributed by atoms with Crippen LogP contribution in [0.3, 0.4) is 0 Å². The van der Waals surface area contributed by atoms with Gasteiger partial charge in [0.15, 0.2) is 0 Å². The van der Waals surface area contributed by atoms with E-state index in [0.29, 0.717) is 50.1 Å². The molecule has 0 bridgehead atoms. The molecule has 1 saturated heterocycles. The Labute approximate surface area is 214 Å². The van der Waals surface area contributed by atoms with Gasteiger partial charge >= 0.3 is 0 Å². The second-order valence-corrected chi connectivity index (χ2v) is 10.2. The van der Waals surface area contributed by atoms with Gasteiger partial charge < -0.3 is 14.5 Å². The second-order valence-electron chi connectivity index (χ2n) is 10.2. The Hall–Kier alpha value is -3.24. The number of piperazine rings is 1. The Balaban J connectivity index is 1.70. The Morgan fingerprint density at radius 1 is 1.36 bits per heavy atom. The molecule has 2 aliphatic rings. The molecule has 2 aromatic heterocycles. The van der Waals surface area contributed by atoms with Gasteiger partial charge in [-0.05, 0) is 61.4 Å². The van der Waals surface area contributed by atoms with Crippen LogP contribution in [0.1, 0.15) is 68.0 Å².